The molecule has 0 aromatic heterocycles. The summed E-state index contributed by atoms with van der Waals surface area (Å²) >= 11 is 2.34. The van der Waals surface area contributed by atoms with E-state index in [0.717, 1.165) is 5.75 Å². The molecule has 0 saturated carbocycles. The van der Waals surface area contributed by atoms with Crippen LogP contribution in [-0.4, -0.2) is 13.9 Å². The van der Waals surface area contributed by atoms with E-state index < -0.39 is 0 Å². The van der Waals surface area contributed by atoms with Gasteiger partial charge in [0.1, 0.15) is 5.75 Å². The molecule has 0 spiro atoms. The van der Waals surface area contributed by atoms with Crippen molar-refractivity contribution in [3.8, 4) is 5.75 Å². The minimum atomic E-state index is 0.0842. The SMILES string of the molecule is COCOc1cccc(I)c1C(C)(C)C. The van der Waals surface area contributed by atoms with Gasteiger partial charge in [-0.25, -0.2) is 0 Å². The van der Waals surface area contributed by atoms with Crippen molar-refractivity contribution in [2.75, 3.05) is 13.9 Å². The average molecular weight is 320 g/mol. The zero-order valence-electron chi connectivity index (χ0n) is 9.63. The second-order valence-electron chi connectivity index (χ2n) is 4.41. The van der Waals surface area contributed by atoms with Gasteiger partial charge in [0.2, 0.25) is 0 Å². The van der Waals surface area contributed by atoms with Gasteiger partial charge in [-0.3, -0.25) is 0 Å². The molecule has 1 aromatic rings. The van der Waals surface area contributed by atoms with E-state index in [0.29, 0.717) is 6.79 Å². The fraction of sp³-hybridized carbons (Fsp3) is 0.500. The first-order valence-electron chi connectivity index (χ1n) is 4.87. The summed E-state index contributed by atoms with van der Waals surface area (Å²) in [5.74, 6) is 0.913. The van der Waals surface area contributed by atoms with Gasteiger partial charge >= 0.3 is 0 Å². The van der Waals surface area contributed by atoms with Crippen LogP contribution in [0.3, 0.4) is 0 Å². The molecule has 0 aliphatic heterocycles. The summed E-state index contributed by atoms with van der Waals surface area (Å²) in [4.78, 5) is 0. The van der Waals surface area contributed by atoms with Crippen molar-refractivity contribution in [2.45, 2.75) is 26.2 Å². The van der Waals surface area contributed by atoms with Crippen LogP contribution in [0.2, 0.25) is 0 Å². The van der Waals surface area contributed by atoms with E-state index >= 15 is 0 Å². The first-order valence-corrected chi connectivity index (χ1v) is 5.95. The molecule has 1 rings (SSSR count). The predicted octanol–water partition coefficient (Wildman–Crippen LogP) is 3.57. The van der Waals surface area contributed by atoms with Crippen molar-refractivity contribution in [3.05, 3.63) is 27.3 Å². The van der Waals surface area contributed by atoms with E-state index in [1.165, 1.54) is 9.13 Å². The van der Waals surface area contributed by atoms with E-state index in [-0.39, 0.29) is 5.41 Å². The smallest absolute Gasteiger partial charge is 0.188 e. The maximum atomic E-state index is 5.57. The summed E-state index contributed by atoms with van der Waals surface area (Å²) in [7, 11) is 1.63. The molecule has 0 N–H and O–H groups in total. The van der Waals surface area contributed by atoms with Crippen LogP contribution in [0, 0.1) is 3.57 Å². The van der Waals surface area contributed by atoms with Crippen molar-refractivity contribution in [2.24, 2.45) is 0 Å². The lowest BCUT2D eigenvalue weighted by Gasteiger charge is -2.24. The largest absolute Gasteiger partial charge is 0.467 e. The topological polar surface area (TPSA) is 18.5 Å². The fourth-order valence-corrected chi connectivity index (χ4v) is 2.76. The van der Waals surface area contributed by atoms with Crippen LogP contribution in [0.1, 0.15) is 26.3 Å². The minimum absolute atomic E-state index is 0.0842. The van der Waals surface area contributed by atoms with E-state index in [1.54, 1.807) is 7.11 Å². The predicted molar refractivity (Wildman–Crippen MR) is 70.4 cm³/mol. The molecule has 0 aliphatic rings. The van der Waals surface area contributed by atoms with Gasteiger partial charge in [-0.1, -0.05) is 26.8 Å². The van der Waals surface area contributed by atoms with E-state index in [1.807, 2.05) is 12.1 Å². The van der Waals surface area contributed by atoms with Crippen molar-refractivity contribution in [1.82, 2.24) is 0 Å². The van der Waals surface area contributed by atoms with Crippen LogP contribution in [0.25, 0.3) is 0 Å². The Kier molecular flexibility index (Phi) is 4.40. The van der Waals surface area contributed by atoms with Crippen LogP contribution >= 0.6 is 22.6 Å². The molecule has 0 unspecified atom stereocenters. The highest BCUT2D eigenvalue weighted by Gasteiger charge is 2.21. The van der Waals surface area contributed by atoms with Crippen LogP contribution in [0.4, 0.5) is 0 Å². The Morgan fingerprint density at radius 2 is 1.93 bits per heavy atom. The van der Waals surface area contributed by atoms with Gasteiger partial charge < -0.3 is 9.47 Å². The lowest BCUT2D eigenvalue weighted by Crippen LogP contribution is -2.16. The number of methoxy groups -OCH3 is 1. The summed E-state index contributed by atoms with van der Waals surface area (Å²) < 4.78 is 11.7. The number of ether oxygens (including phenoxy) is 2. The Balaban J connectivity index is 3.09. The van der Waals surface area contributed by atoms with Gasteiger partial charge in [0.15, 0.2) is 6.79 Å². The standard InChI is InChI=1S/C12H17IO2/c1-12(2,3)11-9(13)6-5-7-10(11)15-8-14-4/h5-7H,8H2,1-4H3. The third-order valence-corrected chi connectivity index (χ3v) is 2.96. The van der Waals surface area contributed by atoms with Gasteiger partial charge in [-0.05, 0) is 40.1 Å². The molecule has 0 bridgehead atoms. The lowest BCUT2D eigenvalue weighted by molar-refractivity contribution is 0.0497. The number of rotatable bonds is 3. The number of hydrogen-bond acceptors (Lipinski definition) is 2. The van der Waals surface area contributed by atoms with Crippen molar-refractivity contribution < 1.29 is 9.47 Å². The zero-order chi connectivity index (χ0) is 11.5. The van der Waals surface area contributed by atoms with Gasteiger partial charge in [-0.15, -0.1) is 0 Å². The maximum Gasteiger partial charge on any atom is 0.188 e. The zero-order valence-corrected chi connectivity index (χ0v) is 11.8. The van der Waals surface area contributed by atoms with Crippen LogP contribution in [0.5, 0.6) is 5.75 Å². The van der Waals surface area contributed by atoms with Gasteiger partial charge in [-0.2, -0.15) is 0 Å². The molecule has 0 radical (unpaired) electrons. The molecule has 0 fully saturated rings. The second-order valence-corrected chi connectivity index (χ2v) is 5.58. The number of benzene rings is 1. The van der Waals surface area contributed by atoms with Crippen LogP contribution in [0.15, 0.2) is 18.2 Å². The second kappa shape index (κ2) is 5.16. The molecule has 84 valence electrons. The maximum absolute atomic E-state index is 5.57. The first kappa shape index (κ1) is 12.8. The minimum Gasteiger partial charge on any atom is -0.467 e. The molecule has 3 heteroatoms. The fourth-order valence-electron chi connectivity index (χ4n) is 1.47. The normalized spacial score (nSPS) is 11.5. The van der Waals surface area contributed by atoms with Crippen LogP contribution in [-0.2, 0) is 10.2 Å². The highest BCUT2D eigenvalue weighted by molar-refractivity contribution is 14.1. The van der Waals surface area contributed by atoms with Crippen molar-refractivity contribution in [1.29, 1.82) is 0 Å². The Hall–Kier alpha value is -0.290. The summed E-state index contributed by atoms with van der Waals surface area (Å²) in [5, 5.41) is 0. The van der Waals surface area contributed by atoms with E-state index in [2.05, 4.69) is 49.4 Å². The molecule has 15 heavy (non-hydrogen) atoms. The first-order chi connectivity index (χ1) is 6.96. The molecule has 0 atom stereocenters. The molecule has 2 nitrogen and oxygen atoms in total. The molecule has 0 saturated heterocycles. The van der Waals surface area contributed by atoms with E-state index in [4.69, 9.17) is 9.47 Å². The Labute approximate surface area is 105 Å². The third kappa shape index (κ3) is 3.34. The molecular formula is C12H17IO2. The Morgan fingerprint density at radius 1 is 1.27 bits per heavy atom. The molecule has 0 aliphatic carbocycles. The van der Waals surface area contributed by atoms with Crippen molar-refractivity contribution in [3.63, 3.8) is 0 Å². The monoisotopic (exact) mass is 320 g/mol. The summed E-state index contributed by atoms with van der Waals surface area (Å²) in [6, 6.07) is 6.09. The highest BCUT2D eigenvalue weighted by atomic mass is 127. The number of halogens is 1. The van der Waals surface area contributed by atoms with Crippen molar-refractivity contribution >= 4 is 22.6 Å². The molecule has 0 heterocycles. The Bertz CT molecular complexity index is 329. The quantitative estimate of drug-likeness (QED) is 0.626. The van der Waals surface area contributed by atoms with E-state index in [9.17, 15) is 0 Å². The summed E-state index contributed by atoms with van der Waals surface area (Å²) in [6.45, 7) is 6.85. The highest BCUT2D eigenvalue weighted by Crippen LogP contribution is 2.34. The van der Waals surface area contributed by atoms with Gasteiger partial charge in [0.25, 0.3) is 0 Å². The van der Waals surface area contributed by atoms with Gasteiger partial charge in [0, 0.05) is 16.2 Å². The number of hydrogen-bond donors (Lipinski definition) is 0. The molecular weight excluding hydrogens is 303 g/mol. The van der Waals surface area contributed by atoms with Gasteiger partial charge in [0.05, 0.1) is 0 Å². The molecule has 0 amide bonds. The van der Waals surface area contributed by atoms with Crippen LogP contribution < -0.4 is 4.74 Å². The molecule has 1 aromatic carbocycles. The summed E-state index contributed by atoms with van der Waals surface area (Å²) in [5.41, 5.74) is 1.32. The third-order valence-electron chi connectivity index (χ3n) is 2.06. The lowest BCUT2D eigenvalue weighted by atomic mass is 9.86. The Morgan fingerprint density at radius 3 is 2.47 bits per heavy atom. The summed E-state index contributed by atoms with van der Waals surface area (Å²) in [6.07, 6.45) is 0. The average Bonchev–Trinajstić information content (AvgIpc) is 2.12.